The van der Waals surface area contributed by atoms with Crippen molar-refractivity contribution in [3.8, 4) is 11.4 Å². The minimum atomic E-state index is -0.506. The molecule has 0 bridgehead atoms. The highest BCUT2D eigenvalue weighted by molar-refractivity contribution is 6.42. The summed E-state index contributed by atoms with van der Waals surface area (Å²) in [6, 6.07) is 10.7. The molecule has 28 heavy (non-hydrogen) atoms. The first-order valence-electron chi connectivity index (χ1n) is 8.19. The number of amides is 1. The number of aromatic hydroxyl groups is 1. The lowest BCUT2D eigenvalue weighted by molar-refractivity contribution is 0.0954. The zero-order valence-electron chi connectivity index (χ0n) is 15.0. The standard InChI is InChI=1S/C19H16Cl2N4O3/c1-10(22-23-18(27)12-4-3-5-14(26)8-12)17-11(2)24-25(19(17)28)13-6-7-15(20)16(21)9-13/h3-9,24,26H,1-2H3,(H,23,27). The Bertz CT molecular complexity index is 1150. The lowest BCUT2D eigenvalue weighted by atomic mass is 10.2. The summed E-state index contributed by atoms with van der Waals surface area (Å²) in [6.07, 6.45) is 0. The molecule has 0 aliphatic rings. The fraction of sp³-hybridized carbons (Fsp3) is 0.105. The highest BCUT2D eigenvalue weighted by atomic mass is 35.5. The van der Waals surface area contributed by atoms with Gasteiger partial charge in [0.25, 0.3) is 11.5 Å². The van der Waals surface area contributed by atoms with Crippen molar-refractivity contribution in [3.05, 3.63) is 79.7 Å². The maximum absolute atomic E-state index is 12.8. The number of aryl methyl sites for hydroxylation is 1. The molecule has 9 heteroatoms. The summed E-state index contributed by atoms with van der Waals surface area (Å²) >= 11 is 12.0. The number of phenols is 1. The van der Waals surface area contributed by atoms with E-state index in [0.29, 0.717) is 32.7 Å². The SMILES string of the molecule is CC(=NNC(=O)c1cccc(O)c1)c1c(C)[nH]n(-c2ccc(Cl)c(Cl)c2)c1=O. The fourth-order valence-corrected chi connectivity index (χ4v) is 2.97. The van der Waals surface area contributed by atoms with Gasteiger partial charge in [-0.05, 0) is 50.2 Å². The molecule has 3 aromatic rings. The second kappa shape index (κ2) is 7.92. The molecule has 1 heterocycles. The Kier molecular flexibility index (Phi) is 5.58. The van der Waals surface area contributed by atoms with Crippen LogP contribution in [0.3, 0.4) is 0 Å². The Morgan fingerprint density at radius 1 is 1.18 bits per heavy atom. The molecule has 1 aromatic heterocycles. The van der Waals surface area contributed by atoms with Gasteiger partial charge in [-0.3, -0.25) is 14.7 Å². The minimum Gasteiger partial charge on any atom is -0.508 e. The van der Waals surface area contributed by atoms with Crippen LogP contribution >= 0.6 is 23.2 Å². The zero-order chi connectivity index (χ0) is 20.4. The molecule has 7 nitrogen and oxygen atoms in total. The molecule has 144 valence electrons. The van der Waals surface area contributed by atoms with Gasteiger partial charge in [0.05, 0.1) is 27.0 Å². The Morgan fingerprint density at radius 3 is 2.61 bits per heavy atom. The van der Waals surface area contributed by atoms with Gasteiger partial charge >= 0.3 is 0 Å². The van der Waals surface area contributed by atoms with Gasteiger partial charge < -0.3 is 5.11 Å². The maximum atomic E-state index is 12.8. The first-order chi connectivity index (χ1) is 13.3. The number of rotatable bonds is 4. The number of hydrogen-bond donors (Lipinski definition) is 3. The predicted molar refractivity (Wildman–Crippen MR) is 109 cm³/mol. The average Bonchev–Trinajstić information content (AvgIpc) is 2.96. The van der Waals surface area contributed by atoms with E-state index in [4.69, 9.17) is 23.2 Å². The molecule has 0 radical (unpaired) electrons. The van der Waals surface area contributed by atoms with Crippen LogP contribution in [0.25, 0.3) is 5.69 Å². The van der Waals surface area contributed by atoms with Gasteiger partial charge in [-0.15, -0.1) is 0 Å². The smallest absolute Gasteiger partial charge is 0.280 e. The van der Waals surface area contributed by atoms with Gasteiger partial charge in [0.1, 0.15) is 5.75 Å². The van der Waals surface area contributed by atoms with Crippen molar-refractivity contribution >= 4 is 34.8 Å². The molecule has 0 atom stereocenters. The molecule has 3 rings (SSSR count). The molecule has 0 spiro atoms. The third-order valence-corrected chi connectivity index (χ3v) is 4.77. The molecule has 0 saturated heterocycles. The van der Waals surface area contributed by atoms with Crippen LogP contribution in [-0.2, 0) is 0 Å². The van der Waals surface area contributed by atoms with Crippen molar-refractivity contribution in [3.63, 3.8) is 0 Å². The molecule has 3 N–H and O–H groups in total. The fourth-order valence-electron chi connectivity index (χ4n) is 2.68. The minimum absolute atomic E-state index is 0.0284. The van der Waals surface area contributed by atoms with Gasteiger partial charge in [0.15, 0.2) is 0 Å². The number of benzene rings is 2. The van der Waals surface area contributed by atoms with E-state index in [-0.39, 0.29) is 16.9 Å². The monoisotopic (exact) mass is 418 g/mol. The van der Waals surface area contributed by atoms with Crippen LogP contribution in [0.15, 0.2) is 52.4 Å². The summed E-state index contributed by atoms with van der Waals surface area (Å²) < 4.78 is 1.32. The van der Waals surface area contributed by atoms with Gasteiger partial charge in [0.2, 0.25) is 0 Å². The molecule has 0 aliphatic heterocycles. The number of phenolic OH excluding ortho intramolecular Hbond substituents is 1. The highest BCUT2D eigenvalue weighted by Gasteiger charge is 2.16. The van der Waals surface area contributed by atoms with Crippen molar-refractivity contribution in [1.29, 1.82) is 0 Å². The second-order valence-corrected chi connectivity index (χ2v) is 6.85. The summed E-state index contributed by atoms with van der Waals surface area (Å²) in [5.41, 5.74) is 4.02. The normalized spacial score (nSPS) is 11.5. The third kappa shape index (κ3) is 3.95. The second-order valence-electron chi connectivity index (χ2n) is 6.04. The highest BCUT2D eigenvalue weighted by Crippen LogP contribution is 2.24. The molecule has 0 fully saturated rings. The molecule has 0 aliphatic carbocycles. The van der Waals surface area contributed by atoms with Crippen LogP contribution in [-0.4, -0.2) is 26.5 Å². The van der Waals surface area contributed by atoms with E-state index in [9.17, 15) is 14.7 Å². The predicted octanol–water partition coefficient (Wildman–Crippen LogP) is 3.64. The van der Waals surface area contributed by atoms with Crippen LogP contribution < -0.4 is 11.0 Å². The van der Waals surface area contributed by atoms with E-state index in [1.165, 1.54) is 16.8 Å². The number of hydrazone groups is 1. The van der Waals surface area contributed by atoms with Gasteiger partial charge in [-0.1, -0.05) is 29.3 Å². The molecule has 2 aromatic carbocycles. The maximum Gasteiger partial charge on any atom is 0.280 e. The van der Waals surface area contributed by atoms with E-state index in [0.717, 1.165) is 0 Å². The van der Waals surface area contributed by atoms with Gasteiger partial charge in [0, 0.05) is 11.3 Å². The van der Waals surface area contributed by atoms with Gasteiger partial charge in [-0.25, -0.2) is 10.1 Å². The van der Waals surface area contributed by atoms with Crippen molar-refractivity contribution in [2.24, 2.45) is 5.10 Å². The number of halogens is 2. The van der Waals surface area contributed by atoms with E-state index in [1.54, 1.807) is 44.2 Å². The molecular weight excluding hydrogens is 403 g/mol. The quantitative estimate of drug-likeness (QED) is 0.445. The van der Waals surface area contributed by atoms with Crippen LogP contribution in [0.5, 0.6) is 5.75 Å². The van der Waals surface area contributed by atoms with Crippen molar-refractivity contribution in [2.45, 2.75) is 13.8 Å². The van der Waals surface area contributed by atoms with Crippen molar-refractivity contribution in [2.75, 3.05) is 0 Å². The Morgan fingerprint density at radius 2 is 1.93 bits per heavy atom. The zero-order valence-corrected chi connectivity index (χ0v) is 16.5. The summed E-state index contributed by atoms with van der Waals surface area (Å²) in [4.78, 5) is 25.0. The van der Waals surface area contributed by atoms with E-state index < -0.39 is 5.91 Å². The van der Waals surface area contributed by atoms with E-state index in [2.05, 4.69) is 15.6 Å². The van der Waals surface area contributed by atoms with Crippen molar-refractivity contribution < 1.29 is 9.90 Å². The topological polar surface area (TPSA) is 99.5 Å². The average molecular weight is 419 g/mol. The number of nitrogens with zero attached hydrogens (tertiary/aromatic N) is 2. The van der Waals surface area contributed by atoms with E-state index in [1.807, 2.05) is 0 Å². The number of carbonyl (C=O) groups is 1. The third-order valence-electron chi connectivity index (χ3n) is 4.03. The molecule has 0 saturated carbocycles. The summed E-state index contributed by atoms with van der Waals surface area (Å²) in [7, 11) is 0. The molecule has 0 unspecified atom stereocenters. The molecule has 1 amide bonds. The van der Waals surface area contributed by atoms with Gasteiger partial charge in [-0.2, -0.15) is 5.10 Å². The molecular formula is C19H16Cl2N4O3. The van der Waals surface area contributed by atoms with E-state index >= 15 is 0 Å². The number of carbonyl (C=O) groups excluding carboxylic acids is 1. The Labute approximate surface area is 170 Å². The summed E-state index contributed by atoms with van der Waals surface area (Å²) in [6.45, 7) is 3.33. The van der Waals surface area contributed by atoms with Crippen LogP contribution in [0.2, 0.25) is 10.0 Å². The number of aromatic nitrogens is 2. The number of nitrogens with one attached hydrogen (secondary N) is 2. The first kappa shape index (κ1) is 19.7. The number of H-pyrrole nitrogens is 1. The van der Waals surface area contributed by atoms with Crippen LogP contribution in [0.4, 0.5) is 0 Å². The summed E-state index contributed by atoms with van der Waals surface area (Å²) in [5, 5.41) is 17.1. The number of hydrogen-bond acceptors (Lipinski definition) is 4. The van der Waals surface area contributed by atoms with Crippen molar-refractivity contribution in [1.82, 2.24) is 15.2 Å². The summed E-state index contributed by atoms with van der Waals surface area (Å²) in [5.74, 6) is -0.535. The Hall–Kier alpha value is -3.03. The lowest BCUT2D eigenvalue weighted by Gasteiger charge is -2.03. The number of aromatic amines is 1. The van der Waals surface area contributed by atoms with Crippen LogP contribution in [0.1, 0.15) is 28.5 Å². The lowest BCUT2D eigenvalue weighted by Crippen LogP contribution is -2.23. The van der Waals surface area contributed by atoms with Crippen LogP contribution in [0, 0.1) is 6.92 Å². The largest absolute Gasteiger partial charge is 0.508 e. The Balaban J connectivity index is 1.90. The first-order valence-corrected chi connectivity index (χ1v) is 8.94.